The van der Waals surface area contributed by atoms with E-state index >= 15 is 0 Å². The number of Topliss-reactive ketones (excluding diaryl/α,β-unsaturated/α-hetero) is 1. The number of nitrogens with zero attached hydrogens (tertiary/aromatic N) is 2. The molecule has 1 aliphatic heterocycles. The van der Waals surface area contributed by atoms with E-state index in [1.165, 1.54) is 5.56 Å². The Balaban J connectivity index is 1.50. The Morgan fingerprint density at radius 2 is 1.68 bits per heavy atom. The van der Waals surface area contributed by atoms with Crippen LogP contribution in [0.4, 0.5) is 5.69 Å². The van der Waals surface area contributed by atoms with E-state index in [1.807, 2.05) is 59.5 Å². The van der Waals surface area contributed by atoms with Gasteiger partial charge in [0.2, 0.25) is 0 Å². The van der Waals surface area contributed by atoms with Gasteiger partial charge in [-0.1, -0.05) is 49.0 Å². The molecule has 0 unspecified atom stereocenters. The number of ether oxygens (including phenoxy) is 1. The maximum absolute atomic E-state index is 13.1. The number of aryl methyl sites for hydroxylation is 1. The van der Waals surface area contributed by atoms with Gasteiger partial charge in [-0.05, 0) is 66.9 Å². The molecule has 4 nitrogen and oxygen atoms in total. The van der Waals surface area contributed by atoms with Crippen LogP contribution in [0, 0.1) is 0 Å². The number of thioether (sulfide) groups is 1. The maximum Gasteiger partial charge on any atom is 0.182 e. The van der Waals surface area contributed by atoms with Crippen molar-refractivity contribution >= 4 is 28.4 Å². The zero-order valence-electron chi connectivity index (χ0n) is 17.7. The fourth-order valence-electron chi connectivity index (χ4n) is 3.36. The Hall–Kier alpha value is -3.05. The van der Waals surface area contributed by atoms with Gasteiger partial charge in [0, 0.05) is 23.5 Å². The molecule has 158 valence electrons. The van der Waals surface area contributed by atoms with Crippen molar-refractivity contribution in [2.45, 2.75) is 19.8 Å². The van der Waals surface area contributed by atoms with Crippen LogP contribution in [0.1, 0.15) is 29.3 Å². The highest BCUT2D eigenvalue weighted by Gasteiger charge is 2.20. The monoisotopic (exact) mass is 430 g/mol. The number of ketones is 1. The lowest BCUT2D eigenvalue weighted by atomic mass is 10.1. The molecule has 0 saturated carbocycles. The van der Waals surface area contributed by atoms with Crippen molar-refractivity contribution in [1.82, 2.24) is 0 Å². The molecule has 4 rings (SSSR count). The Morgan fingerprint density at radius 1 is 0.968 bits per heavy atom. The predicted molar refractivity (Wildman–Crippen MR) is 130 cm³/mol. The minimum atomic E-state index is 0.0553. The third-order valence-electron chi connectivity index (χ3n) is 5.12. The van der Waals surface area contributed by atoms with Crippen LogP contribution < -0.4 is 9.64 Å². The van der Waals surface area contributed by atoms with Gasteiger partial charge in [-0.25, -0.2) is 0 Å². The van der Waals surface area contributed by atoms with E-state index in [0.29, 0.717) is 11.3 Å². The summed E-state index contributed by atoms with van der Waals surface area (Å²) in [4.78, 5) is 19.8. The molecule has 0 spiro atoms. The van der Waals surface area contributed by atoms with Crippen LogP contribution in [0.2, 0.25) is 0 Å². The van der Waals surface area contributed by atoms with E-state index < -0.39 is 0 Å². The summed E-state index contributed by atoms with van der Waals surface area (Å²) in [6, 6.07) is 25.4. The minimum Gasteiger partial charge on any atom is -0.457 e. The summed E-state index contributed by atoms with van der Waals surface area (Å²) in [5.74, 6) is 2.57. The largest absolute Gasteiger partial charge is 0.457 e. The molecule has 0 N–H and O–H groups in total. The molecule has 0 bridgehead atoms. The SMILES string of the molecule is CCc1ccc(N(CC(=O)c2ccc(Oc3ccccc3)cc2)C2=NCCCS2)cc1. The van der Waals surface area contributed by atoms with E-state index in [0.717, 1.165) is 41.7 Å². The molecule has 0 fully saturated rings. The van der Waals surface area contributed by atoms with Crippen molar-refractivity contribution in [3.05, 3.63) is 90.0 Å². The summed E-state index contributed by atoms with van der Waals surface area (Å²) in [5.41, 5.74) is 2.95. The molecule has 0 aliphatic carbocycles. The van der Waals surface area contributed by atoms with Gasteiger partial charge in [0.15, 0.2) is 11.0 Å². The van der Waals surface area contributed by atoms with Crippen LogP contribution in [0.5, 0.6) is 11.5 Å². The summed E-state index contributed by atoms with van der Waals surface area (Å²) in [7, 11) is 0. The first kappa shape index (κ1) is 21.2. The third kappa shape index (κ3) is 5.56. The van der Waals surface area contributed by atoms with E-state index in [1.54, 1.807) is 11.8 Å². The zero-order chi connectivity index (χ0) is 21.5. The molecule has 0 saturated heterocycles. The quantitative estimate of drug-likeness (QED) is 0.417. The van der Waals surface area contributed by atoms with E-state index in [-0.39, 0.29) is 12.3 Å². The molecule has 0 radical (unpaired) electrons. The number of rotatable bonds is 7. The van der Waals surface area contributed by atoms with Gasteiger partial charge in [-0.15, -0.1) is 0 Å². The topological polar surface area (TPSA) is 41.9 Å². The van der Waals surface area contributed by atoms with Crippen LogP contribution in [-0.4, -0.2) is 29.8 Å². The van der Waals surface area contributed by atoms with Crippen LogP contribution in [0.15, 0.2) is 83.9 Å². The summed E-state index contributed by atoms with van der Waals surface area (Å²) in [5, 5.41) is 0.924. The Kier molecular flexibility index (Phi) is 7.05. The molecule has 3 aromatic carbocycles. The smallest absolute Gasteiger partial charge is 0.182 e. The van der Waals surface area contributed by atoms with Crippen LogP contribution in [0.25, 0.3) is 0 Å². The van der Waals surface area contributed by atoms with Gasteiger partial charge in [-0.3, -0.25) is 9.79 Å². The number of aliphatic imine (C=N–C) groups is 1. The summed E-state index contributed by atoms with van der Waals surface area (Å²) >= 11 is 1.72. The number of hydrogen-bond donors (Lipinski definition) is 0. The Labute approximate surface area is 188 Å². The third-order valence-corrected chi connectivity index (χ3v) is 6.23. The normalized spacial score (nSPS) is 13.4. The predicted octanol–water partition coefficient (Wildman–Crippen LogP) is 6.22. The highest BCUT2D eigenvalue weighted by molar-refractivity contribution is 8.14. The lowest BCUT2D eigenvalue weighted by Gasteiger charge is -2.27. The van der Waals surface area contributed by atoms with Crippen molar-refractivity contribution in [2.75, 3.05) is 23.7 Å². The van der Waals surface area contributed by atoms with Gasteiger partial charge in [0.05, 0.1) is 6.54 Å². The highest BCUT2D eigenvalue weighted by atomic mass is 32.2. The minimum absolute atomic E-state index is 0.0553. The van der Waals surface area contributed by atoms with Crippen LogP contribution in [0.3, 0.4) is 0 Å². The van der Waals surface area contributed by atoms with Gasteiger partial charge in [-0.2, -0.15) is 0 Å². The van der Waals surface area contributed by atoms with Crippen molar-refractivity contribution < 1.29 is 9.53 Å². The number of amidine groups is 1. The lowest BCUT2D eigenvalue weighted by molar-refractivity contribution is 0.100. The Morgan fingerprint density at radius 3 is 2.32 bits per heavy atom. The van der Waals surface area contributed by atoms with Gasteiger partial charge >= 0.3 is 0 Å². The van der Waals surface area contributed by atoms with E-state index in [4.69, 9.17) is 4.74 Å². The molecule has 5 heteroatoms. The summed E-state index contributed by atoms with van der Waals surface area (Å²) in [6.45, 7) is 3.21. The van der Waals surface area contributed by atoms with Crippen LogP contribution in [-0.2, 0) is 6.42 Å². The van der Waals surface area contributed by atoms with Crippen molar-refractivity contribution in [1.29, 1.82) is 0 Å². The molecule has 1 heterocycles. The molecule has 3 aromatic rings. The summed E-state index contributed by atoms with van der Waals surface area (Å²) < 4.78 is 5.84. The lowest BCUT2D eigenvalue weighted by Crippen LogP contribution is -2.35. The van der Waals surface area contributed by atoms with Gasteiger partial charge < -0.3 is 9.64 Å². The van der Waals surface area contributed by atoms with Crippen molar-refractivity contribution in [3.63, 3.8) is 0 Å². The van der Waals surface area contributed by atoms with E-state index in [2.05, 4.69) is 36.2 Å². The number of carbonyl (C=O) groups is 1. The first-order valence-electron chi connectivity index (χ1n) is 10.6. The molecule has 0 atom stereocenters. The van der Waals surface area contributed by atoms with Crippen molar-refractivity contribution in [3.8, 4) is 11.5 Å². The fraction of sp³-hybridized carbons (Fsp3) is 0.231. The average Bonchev–Trinajstić information content (AvgIpc) is 2.84. The van der Waals surface area contributed by atoms with E-state index in [9.17, 15) is 4.79 Å². The second-order valence-corrected chi connectivity index (χ2v) is 8.40. The number of para-hydroxylation sites is 1. The molecule has 1 aliphatic rings. The average molecular weight is 431 g/mol. The molecular weight excluding hydrogens is 404 g/mol. The highest BCUT2D eigenvalue weighted by Crippen LogP contribution is 2.25. The zero-order valence-corrected chi connectivity index (χ0v) is 18.5. The first-order valence-corrected chi connectivity index (χ1v) is 11.6. The first-order chi connectivity index (χ1) is 15.2. The maximum atomic E-state index is 13.1. The number of hydrogen-bond acceptors (Lipinski definition) is 5. The molecular formula is C26H26N2O2S. The summed E-state index contributed by atoms with van der Waals surface area (Å²) in [6.07, 6.45) is 2.07. The molecule has 0 aromatic heterocycles. The Bertz CT molecular complexity index is 1030. The van der Waals surface area contributed by atoms with Crippen LogP contribution >= 0.6 is 11.8 Å². The fourth-order valence-corrected chi connectivity index (χ4v) is 4.33. The van der Waals surface area contributed by atoms with Crippen molar-refractivity contribution in [2.24, 2.45) is 4.99 Å². The number of carbonyl (C=O) groups excluding carboxylic acids is 1. The standard InChI is InChI=1S/C26H26N2O2S/c1-2-20-9-13-22(14-10-20)28(26-27-17-6-18-31-26)19-25(29)21-11-15-24(16-12-21)30-23-7-4-3-5-8-23/h3-5,7-16H,2,6,17-19H2,1H3. The number of benzene rings is 3. The van der Waals surface area contributed by atoms with Gasteiger partial charge in [0.1, 0.15) is 11.5 Å². The number of anilines is 1. The van der Waals surface area contributed by atoms with Gasteiger partial charge in [0.25, 0.3) is 0 Å². The molecule has 31 heavy (non-hydrogen) atoms. The second kappa shape index (κ2) is 10.3. The second-order valence-electron chi connectivity index (χ2n) is 7.34. The molecule has 0 amide bonds.